The van der Waals surface area contributed by atoms with Gasteiger partial charge in [-0.2, -0.15) is 5.10 Å². The van der Waals surface area contributed by atoms with Crippen molar-refractivity contribution in [1.82, 2.24) is 10.3 Å². The molecule has 1 N–H and O–H groups in total. The van der Waals surface area contributed by atoms with Crippen molar-refractivity contribution in [2.75, 3.05) is 14.1 Å². The molecule has 2 aromatic rings. The van der Waals surface area contributed by atoms with Crippen molar-refractivity contribution in [3.05, 3.63) is 48.0 Å². The number of hydrogen-bond acceptors (Lipinski definition) is 2. The van der Waals surface area contributed by atoms with E-state index in [1.54, 1.807) is 11.1 Å². The van der Waals surface area contributed by atoms with E-state index in [1.165, 1.54) is 10.8 Å². The fraction of sp³-hybridized carbons (Fsp3) is 0.143. The van der Waals surface area contributed by atoms with Gasteiger partial charge >= 0.3 is 0 Å². The van der Waals surface area contributed by atoms with E-state index in [-0.39, 0.29) is 0 Å². The zero-order valence-corrected chi connectivity index (χ0v) is 11.2. The molecule has 18 heavy (non-hydrogen) atoms. The third-order valence-corrected chi connectivity index (χ3v) is 3.05. The Morgan fingerprint density at radius 1 is 1.17 bits per heavy atom. The Morgan fingerprint density at radius 3 is 2.67 bits per heavy atom. The molecule has 0 fully saturated rings. The van der Waals surface area contributed by atoms with Crippen LogP contribution >= 0.6 is 12.2 Å². The first kappa shape index (κ1) is 12.5. The van der Waals surface area contributed by atoms with Crippen molar-refractivity contribution in [2.24, 2.45) is 5.10 Å². The van der Waals surface area contributed by atoms with Crippen LogP contribution in [0.4, 0.5) is 0 Å². The average Bonchev–Trinajstić information content (AvgIpc) is 2.38. The van der Waals surface area contributed by atoms with E-state index in [1.807, 2.05) is 38.4 Å². The molecule has 0 aliphatic rings. The van der Waals surface area contributed by atoms with Crippen LogP contribution in [0.2, 0.25) is 0 Å². The standard InChI is InChI=1S/C14H15N3S/c1-17(2)14(18)16-15-10-12-8-5-7-11-6-3-4-9-13(11)12/h3-10H,1-2H3,(H,16,18)/b15-10-. The highest BCUT2D eigenvalue weighted by atomic mass is 32.1. The van der Waals surface area contributed by atoms with Crippen molar-refractivity contribution in [3.8, 4) is 0 Å². The summed E-state index contributed by atoms with van der Waals surface area (Å²) >= 11 is 5.09. The molecule has 4 heteroatoms. The minimum atomic E-state index is 0.589. The van der Waals surface area contributed by atoms with Crippen LogP contribution in [-0.2, 0) is 0 Å². The summed E-state index contributed by atoms with van der Waals surface area (Å²) in [5.74, 6) is 0. The molecule has 0 amide bonds. The van der Waals surface area contributed by atoms with Gasteiger partial charge < -0.3 is 4.90 Å². The maximum Gasteiger partial charge on any atom is 0.189 e. The zero-order chi connectivity index (χ0) is 13.0. The fourth-order valence-corrected chi connectivity index (χ4v) is 1.67. The fourth-order valence-electron chi connectivity index (χ4n) is 1.62. The largest absolute Gasteiger partial charge is 0.354 e. The Kier molecular flexibility index (Phi) is 3.89. The summed E-state index contributed by atoms with van der Waals surface area (Å²) in [6.45, 7) is 0. The van der Waals surface area contributed by atoms with Gasteiger partial charge in [0.2, 0.25) is 0 Å². The van der Waals surface area contributed by atoms with Gasteiger partial charge in [0, 0.05) is 19.7 Å². The average molecular weight is 257 g/mol. The molecule has 0 aliphatic carbocycles. The van der Waals surface area contributed by atoms with Gasteiger partial charge in [0.15, 0.2) is 5.11 Å². The quantitative estimate of drug-likeness (QED) is 0.509. The maximum atomic E-state index is 5.09. The summed E-state index contributed by atoms with van der Waals surface area (Å²) in [5, 5.41) is 7.13. The molecule has 2 rings (SSSR count). The molecule has 0 spiro atoms. The van der Waals surface area contributed by atoms with Crippen LogP contribution in [0.3, 0.4) is 0 Å². The van der Waals surface area contributed by atoms with Crippen LogP contribution in [0.15, 0.2) is 47.6 Å². The summed E-state index contributed by atoms with van der Waals surface area (Å²) in [6, 6.07) is 14.4. The summed E-state index contributed by atoms with van der Waals surface area (Å²) < 4.78 is 0. The van der Waals surface area contributed by atoms with Crippen molar-refractivity contribution in [1.29, 1.82) is 0 Å². The molecule has 92 valence electrons. The van der Waals surface area contributed by atoms with E-state index in [0.29, 0.717) is 5.11 Å². The van der Waals surface area contributed by atoms with Crippen LogP contribution in [0.5, 0.6) is 0 Å². The lowest BCUT2D eigenvalue weighted by Crippen LogP contribution is -2.30. The second-order valence-electron chi connectivity index (χ2n) is 4.14. The molecule has 0 saturated heterocycles. The SMILES string of the molecule is CN(C)C(=S)N/N=C\c1cccc2ccccc12. The van der Waals surface area contributed by atoms with Crippen molar-refractivity contribution >= 4 is 34.3 Å². The minimum absolute atomic E-state index is 0.589. The Labute approximate surface area is 112 Å². The molecule has 0 heterocycles. The van der Waals surface area contributed by atoms with Crippen molar-refractivity contribution in [2.45, 2.75) is 0 Å². The van der Waals surface area contributed by atoms with Gasteiger partial charge in [-0.3, -0.25) is 5.43 Å². The summed E-state index contributed by atoms with van der Waals surface area (Å²) in [7, 11) is 3.76. The van der Waals surface area contributed by atoms with Crippen molar-refractivity contribution < 1.29 is 0 Å². The van der Waals surface area contributed by atoms with Crippen LogP contribution in [-0.4, -0.2) is 30.3 Å². The number of benzene rings is 2. The first-order chi connectivity index (χ1) is 8.68. The second-order valence-corrected chi connectivity index (χ2v) is 4.52. The third kappa shape index (κ3) is 2.84. The summed E-state index contributed by atoms with van der Waals surface area (Å²) in [5.41, 5.74) is 3.89. The van der Waals surface area contributed by atoms with Gasteiger partial charge in [0.1, 0.15) is 0 Å². The maximum absolute atomic E-state index is 5.09. The Morgan fingerprint density at radius 2 is 1.89 bits per heavy atom. The highest BCUT2D eigenvalue weighted by molar-refractivity contribution is 7.80. The Bertz CT molecular complexity index is 585. The molecule has 0 atom stereocenters. The molecule has 0 unspecified atom stereocenters. The Balaban J connectivity index is 2.22. The molecule has 0 aliphatic heterocycles. The van der Waals surface area contributed by atoms with E-state index >= 15 is 0 Å². The molecule has 0 aromatic heterocycles. The summed E-state index contributed by atoms with van der Waals surface area (Å²) in [6.07, 6.45) is 1.79. The zero-order valence-electron chi connectivity index (χ0n) is 10.4. The molecule has 3 nitrogen and oxygen atoms in total. The Hall–Kier alpha value is -1.94. The van der Waals surface area contributed by atoms with Crippen LogP contribution < -0.4 is 5.43 Å². The van der Waals surface area contributed by atoms with Crippen molar-refractivity contribution in [3.63, 3.8) is 0 Å². The summed E-state index contributed by atoms with van der Waals surface area (Å²) in [4.78, 5) is 1.80. The van der Waals surface area contributed by atoms with Gasteiger partial charge in [0.25, 0.3) is 0 Å². The van der Waals surface area contributed by atoms with Gasteiger partial charge in [-0.1, -0.05) is 42.5 Å². The minimum Gasteiger partial charge on any atom is -0.354 e. The van der Waals surface area contributed by atoms with Crippen LogP contribution in [0, 0.1) is 0 Å². The monoisotopic (exact) mass is 257 g/mol. The second kappa shape index (κ2) is 5.60. The molecular formula is C14H15N3S. The lowest BCUT2D eigenvalue weighted by Gasteiger charge is -2.11. The number of nitrogens with one attached hydrogen (secondary N) is 1. The topological polar surface area (TPSA) is 27.6 Å². The predicted molar refractivity (Wildman–Crippen MR) is 81.0 cm³/mol. The number of hydrazone groups is 1. The van der Waals surface area contributed by atoms with Gasteiger partial charge in [-0.25, -0.2) is 0 Å². The lowest BCUT2D eigenvalue weighted by molar-refractivity contribution is 0.606. The third-order valence-electron chi connectivity index (χ3n) is 2.59. The number of fused-ring (bicyclic) bond motifs is 1. The van der Waals surface area contributed by atoms with E-state index in [9.17, 15) is 0 Å². The molecule has 2 aromatic carbocycles. The normalized spacial score (nSPS) is 10.8. The van der Waals surface area contributed by atoms with Gasteiger partial charge in [-0.15, -0.1) is 0 Å². The molecule has 0 saturated carbocycles. The van der Waals surface area contributed by atoms with E-state index in [2.05, 4.69) is 28.7 Å². The molecular weight excluding hydrogens is 242 g/mol. The van der Waals surface area contributed by atoms with Gasteiger partial charge in [-0.05, 0) is 23.0 Å². The highest BCUT2D eigenvalue weighted by Crippen LogP contribution is 2.16. The van der Waals surface area contributed by atoms with Crippen LogP contribution in [0.1, 0.15) is 5.56 Å². The first-order valence-corrected chi connectivity index (χ1v) is 6.07. The van der Waals surface area contributed by atoms with E-state index < -0.39 is 0 Å². The smallest absolute Gasteiger partial charge is 0.189 e. The van der Waals surface area contributed by atoms with Gasteiger partial charge in [0.05, 0.1) is 6.21 Å². The predicted octanol–water partition coefficient (Wildman–Crippen LogP) is 2.61. The highest BCUT2D eigenvalue weighted by Gasteiger charge is 1.97. The molecule has 0 radical (unpaired) electrons. The first-order valence-electron chi connectivity index (χ1n) is 5.66. The number of nitrogens with zero attached hydrogens (tertiary/aromatic N) is 2. The van der Waals surface area contributed by atoms with E-state index in [4.69, 9.17) is 12.2 Å². The van der Waals surface area contributed by atoms with Crippen LogP contribution in [0.25, 0.3) is 10.8 Å². The van der Waals surface area contributed by atoms with E-state index in [0.717, 1.165) is 5.56 Å². The molecule has 0 bridgehead atoms. The number of thiocarbonyl (C=S) groups is 1. The number of rotatable bonds is 2. The number of hydrogen-bond donors (Lipinski definition) is 1. The lowest BCUT2D eigenvalue weighted by atomic mass is 10.1.